The summed E-state index contributed by atoms with van der Waals surface area (Å²) >= 11 is 6.24. The summed E-state index contributed by atoms with van der Waals surface area (Å²) in [6.45, 7) is 7.22. The number of carbonyl (C=O) groups is 2. The summed E-state index contributed by atoms with van der Waals surface area (Å²) in [5, 5.41) is 17.7. The van der Waals surface area contributed by atoms with Crippen LogP contribution in [-0.4, -0.2) is 104 Å². The Bertz CT molecular complexity index is 5630. The SMILES string of the molecule is CC1=Cc2c(ccc(O)c2F)C1.COc1cc2c(Oc3ccc4c(c3F)C=C(C)C4)ccnc2cc1OCC1(N)CC1.COc1ccc(COC(=O)NC2(COc3cc4nccc(Cl)c4cc3OC)CC2)cc1.COc1ccc(COC(=O)NC2(COc3cc4nccc(Oc5ccc6c(c5F)C=C(C)C6)c4cc3OC)CC2)cc1.[Y].[Y]. The molecule has 6 aliphatic carbocycles. The molecule has 5 N–H and O–H groups in total. The van der Waals surface area contributed by atoms with E-state index in [9.17, 15) is 14.0 Å². The zero-order valence-corrected chi connectivity index (χ0v) is 72.3. The monoisotopic (exact) mass is 1760 g/mol. The molecule has 117 heavy (non-hydrogen) atoms. The molecule has 8 aromatic carbocycles. The number of aromatic nitrogens is 3. The zero-order valence-electron chi connectivity index (χ0n) is 65.9. The Hall–Kier alpha value is -10.2. The van der Waals surface area contributed by atoms with Crippen LogP contribution in [0.3, 0.4) is 0 Å². The molecule has 3 fully saturated rings. The average molecular weight is 1760 g/mol. The van der Waals surface area contributed by atoms with Crippen molar-refractivity contribution in [1.82, 2.24) is 25.6 Å². The van der Waals surface area contributed by atoms with Gasteiger partial charge in [-0.05, 0) is 185 Å². The summed E-state index contributed by atoms with van der Waals surface area (Å²) < 4.78 is 111. The van der Waals surface area contributed by atoms with Crippen LogP contribution in [0.1, 0.15) is 104 Å². The normalized spacial score (nSPS) is 14.6. The Morgan fingerprint density at radius 1 is 0.436 bits per heavy atom. The number of fused-ring (bicyclic) bond motifs is 6. The number of allylic oxidation sites excluding steroid dienone is 3. The summed E-state index contributed by atoms with van der Waals surface area (Å²) in [5.74, 6) is 4.45. The summed E-state index contributed by atoms with van der Waals surface area (Å²) in [6, 6.07) is 40.9. The van der Waals surface area contributed by atoms with E-state index in [-0.39, 0.29) is 120 Å². The third-order valence-corrected chi connectivity index (χ3v) is 20.9. The number of amides is 2. The number of methoxy groups -OCH3 is 5. The molecule has 0 atom stereocenters. The number of phenolic OH excluding ortho intramolecular Hbond substituents is 1. The predicted octanol–water partition coefficient (Wildman–Crippen LogP) is 19.2. The molecule has 17 rings (SSSR count). The first-order valence-electron chi connectivity index (χ1n) is 37.4. The van der Waals surface area contributed by atoms with E-state index < -0.39 is 29.1 Å². The van der Waals surface area contributed by atoms with Crippen molar-refractivity contribution in [3.63, 3.8) is 0 Å². The quantitative estimate of drug-likeness (QED) is 0.0438. The summed E-state index contributed by atoms with van der Waals surface area (Å²) in [7, 11) is 7.90. The molecule has 11 aromatic rings. The number of rotatable bonds is 24. The second kappa shape index (κ2) is 37.6. The number of alkyl carbamates (subject to hydrolysis) is 2. The number of nitrogens with one attached hydrogen (secondary N) is 2. The van der Waals surface area contributed by atoms with Gasteiger partial charge in [0.15, 0.2) is 69.2 Å². The van der Waals surface area contributed by atoms with Crippen molar-refractivity contribution in [2.24, 2.45) is 5.73 Å². The smallest absolute Gasteiger partial charge is 0.408 e. The molecule has 3 aromatic heterocycles. The third kappa shape index (κ3) is 20.9. The Labute approximate surface area is 730 Å². The van der Waals surface area contributed by atoms with Crippen LogP contribution in [0.15, 0.2) is 175 Å². The fraction of sp³-hybridized carbons (Fsp3) is 0.278. The minimum Gasteiger partial charge on any atom is -0.505 e. The van der Waals surface area contributed by atoms with Crippen LogP contribution < -0.4 is 63.7 Å². The molecule has 27 heteroatoms. The minimum absolute atomic E-state index is 0. The number of ether oxygens (including phenoxy) is 12. The number of halogens is 4. The molecule has 21 nitrogen and oxygen atoms in total. The maximum Gasteiger partial charge on any atom is 0.408 e. The van der Waals surface area contributed by atoms with Crippen molar-refractivity contribution in [3.05, 3.63) is 242 Å². The van der Waals surface area contributed by atoms with Crippen LogP contribution in [0.5, 0.6) is 74.7 Å². The number of nitrogens with zero attached hydrogens (tertiary/aromatic N) is 3. The fourth-order valence-electron chi connectivity index (χ4n) is 13.5. The van der Waals surface area contributed by atoms with Crippen molar-refractivity contribution in [2.45, 2.75) is 108 Å². The number of hydrogen-bond donors (Lipinski definition) is 4. The number of pyridine rings is 3. The summed E-state index contributed by atoms with van der Waals surface area (Å²) in [6.07, 6.45) is 16.8. The average Bonchev–Trinajstić information content (AvgIpc) is 1.51. The van der Waals surface area contributed by atoms with Gasteiger partial charge in [0, 0.05) is 135 Å². The number of nitrogens with two attached hydrogens (primary N) is 1. The van der Waals surface area contributed by atoms with E-state index in [1.54, 1.807) is 133 Å². The third-order valence-electron chi connectivity index (χ3n) is 20.6. The zero-order chi connectivity index (χ0) is 80.7. The number of hydrogen-bond acceptors (Lipinski definition) is 19. The van der Waals surface area contributed by atoms with Gasteiger partial charge in [0.1, 0.15) is 56.0 Å². The molecule has 0 bridgehead atoms. The molecule has 2 radical (unpaired) electrons. The number of carbonyl (C=O) groups excluding carboxylic acids is 2. The largest absolute Gasteiger partial charge is 0.505 e. The number of benzene rings is 8. The van der Waals surface area contributed by atoms with Gasteiger partial charge >= 0.3 is 12.2 Å². The van der Waals surface area contributed by atoms with E-state index in [2.05, 4.69) is 25.6 Å². The molecule has 600 valence electrons. The van der Waals surface area contributed by atoms with Crippen molar-refractivity contribution in [1.29, 1.82) is 0 Å². The van der Waals surface area contributed by atoms with E-state index in [0.29, 0.717) is 108 Å². The van der Waals surface area contributed by atoms with E-state index in [0.717, 1.165) is 119 Å². The summed E-state index contributed by atoms with van der Waals surface area (Å²) in [4.78, 5) is 38.0. The first kappa shape index (κ1) is 86.1. The number of phenols is 1. The maximum atomic E-state index is 15.2. The molecule has 6 aliphatic rings. The van der Waals surface area contributed by atoms with Crippen LogP contribution >= 0.6 is 11.6 Å². The molecular formula is C90H86ClF3N6O15Y2. The van der Waals surface area contributed by atoms with Gasteiger partial charge in [0.05, 0.1) is 73.7 Å². The molecule has 0 unspecified atom stereocenters. The van der Waals surface area contributed by atoms with Crippen molar-refractivity contribution < 1.29 is 150 Å². The molecular weight excluding hydrogens is 1680 g/mol. The van der Waals surface area contributed by atoms with E-state index in [1.807, 2.05) is 93.6 Å². The van der Waals surface area contributed by atoms with Crippen LogP contribution in [-0.2, 0) is 107 Å². The van der Waals surface area contributed by atoms with Gasteiger partial charge in [0.25, 0.3) is 0 Å². The van der Waals surface area contributed by atoms with E-state index in [4.69, 9.17) is 79.3 Å². The second-order valence-corrected chi connectivity index (χ2v) is 29.8. The van der Waals surface area contributed by atoms with Crippen LogP contribution in [0, 0.1) is 17.5 Å². The first-order valence-corrected chi connectivity index (χ1v) is 37.8. The van der Waals surface area contributed by atoms with Gasteiger partial charge in [-0.25, -0.2) is 22.8 Å². The van der Waals surface area contributed by atoms with Gasteiger partial charge in [-0.15, -0.1) is 0 Å². The Kier molecular flexibility index (Phi) is 27.7. The maximum absolute atomic E-state index is 15.2. The van der Waals surface area contributed by atoms with Crippen molar-refractivity contribution >= 4 is 74.7 Å². The molecule has 0 spiro atoms. The van der Waals surface area contributed by atoms with Gasteiger partial charge < -0.3 is 78.3 Å². The Morgan fingerprint density at radius 3 is 1.19 bits per heavy atom. The van der Waals surface area contributed by atoms with Crippen molar-refractivity contribution in [3.8, 4) is 74.7 Å². The second-order valence-electron chi connectivity index (χ2n) is 29.4. The molecule has 3 saturated carbocycles. The Balaban J connectivity index is 0.000000151. The first-order chi connectivity index (χ1) is 55.5. The summed E-state index contributed by atoms with van der Waals surface area (Å²) in [5.41, 5.74) is 16.6. The van der Waals surface area contributed by atoms with Crippen molar-refractivity contribution in [2.75, 3.05) is 55.4 Å². The Morgan fingerprint density at radius 2 is 0.803 bits per heavy atom. The molecule has 0 saturated heterocycles. The van der Waals surface area contributed by atoms with Gasteiger partial charge in [-0.2, -0.15) is 0 Å². The topological polar surface area (TPSA) is 254 Å². The molecule has 0 aliphatic heterocycles. The van der Waals surface area contributed by atoms with Gasteiger partial charge in [-0.1, -0.05) is 89.0 Å². The van der Waals surface area contributed by atoms with Gasteiger partial charge in [0.2, 0.25) is 0 Å². The molecule has 3 heterocycles. The van der Waals surface area contributed by atoms with Crippen LogP contribution in [0.2, 0.25) is 5.02 Å². The predicted molar refractivity (Wildman–Crippen MR) is 432 cm³/mol. The standard InChI is InChI=1S/C33H31FN2O6.C24H23FN2O3.C23H23ClN2O5.C10H9FO.2Y/c1-20-14-22-6-9-28(31(34)24(22)15-20)42-27-10-13-35-26-17-30(29(39-3)16-25(26)27)41-19-33(11-12-33)36-32(37)40-18-21-4-7-23(38-2)8-5-21;1-14-9-15-3-4-20(23(25)16(15)10-14)30-19-5-8-27-18-12-22(21(28-2)11-17(18)19)29-13-24(26)6-7-24;1-28-16-5-3-15(4-6-16)13-30-22(27)26-23(8-9-23)14-31-21-12-19-17(11-20(21)29-2)18(24)7-10-25-19;1-6-4-7-2-3-9(12)10(11)8(7)5-6;;/h4-10,13,15-17H,11-12,14,18-19H2,1-3H3,(H,36,37);3-5,8,10-12H,6-7,9,13,26H2,1-2H3;3-7,10-12H,8-9,13-14H2,1-2H3,(H,26,27);2-3,5,12H,4H2,1H3;;. The minimum atomic E-state index is -0.521. The molecule has 2 amide bonds. The van der Waals surface area contributed by atoms with Crippen LogP contribution in [0.4, 0.5) is 22.8 Å². The fourth-order valence-corrected chi connectivity index (χ4v) is 13.7. The van der Waals surface area contributed by atoms with E-state index in [1.165, 1.54) is 6.07 Å². The van der Waals surface area contributed by atoms with Crippen LogP contribution in [0.25, 0.3) is 50.9 Å². The number of aromatic hydroxyl groups is 1. The van der Waals surface area contributed by atoms with E-state index >= 15 is 8.78 Å². The van der Waals surface area contributed by atoms with Gasteiger partial charge in [-0.3, -0.25) is 15.0 Å².